The molecule has 3 aromatic rings. The molecule has 4 rings (SSSR count). The van der Waals surface area contributed by atoms with Crippen molar-refractivity contribution in [3.8, 4) is 0 Å². The van der Waals surface area contributed by atoms with Gasteiger partial charge in [0, 0.05) is 43.6 Å². The van der Waals surface area contributed by atoms with E-state index < -0.39 is 30.3 Å². The maximum absolute atomic E-state index is 14.5. The summed E-state index contributed by atoms with van der Waals surface area (Å²) in [6.07, 6.45) is 3.94. The van der Waals surface area contributed by atoms with Crippen LogP contribution in [0.1, 0.15) is 19.2 Å². The van der Waals surface area contributed by atoms with E-state index in [1.54, 1.807) is 31.2 Å². The molecule has 1 amide bonds. The molecule has 0 aliphatic carbocycles. The molecule has 1 aromatic carbocycles. The van der Waals surface area contributed by atoms with Gasteiger partial charge in [0.2, 0.25) is 0 Å². The van der Waals surface area contributed by atoms with Gasteiger partial charge in [-0.05, 0) is 30.2 Å². The van der Waals surface area contributed by atoms with E-state index in [1.165, 1.54) is 25.7 Å². The topological polar surface area (TPSA) is 123 Å². The molecule has 3 heterocycles. The first kappa shape index (κ1) is 24.5. The first-order valence-corrected chi connectivity index (χ1v) is 11.2. The van der Waals surface area contributed by atoms with Crippen LogP contribution in [-0.4, -0.2) is 64.1 Å². The van der Waals surface area contributed by atoms with Crippen LogP contribution >= 0.6 is 11.6 Å². The van der Waals surface area contributed by atoms with E-state index in [0.29, 0.717) is 16.1 Å². The molecule has 2 atom stereocenters. The first-order valence-electron chi connectivity index (χ1n) is 10.9. The highest BCUT2D eigenvalue weighted by Gasteiger charge is 2.46. The summed E-state index contributed by atoms with van der Waals surface area (Å²) in [6.45, 7) is 1.01. The number of nitrogens with one attached hydrogen (secondary N) is 1. The van der Waals surface area contributed by atoms with Gasteiger partial charge < -0.3 is 20.4 Å². The minimum absolute atomic E-state index is 0.121. The third kappa shape index (κ3) is 5.40. The summed E-state index contributed by atoms with van der Waals surface area (Å²) in [7, 11) is 1.50. The second-order valence-corrected chi connectivity index (χ2v) is 8.77. The maximum Gasteiger partial charge on any atom is 0.295 e. The van der Waals surface area contributed by atoms with Crippen molar-refractivity contribution in [2.45, 2.75) is 25.3 Å². The number of aliphatic imine (C=N–C) groups is 1. The van der Waals surface area contributed by atoms with E-state index in [2.05, 4.69) is 25.3 Å². The molecular weight excluding hydrogens is 480 g/mol. The number of oxazole rings is 1. The molecule has 1 aliphatic heterocycles. The van der Waals surface area contributed by atoms with E-state index in [1.807, 2.05) is 0 Å². The third-order valence-corrected chi connectivity index (χ3v) is 5.97. The molecule has 1 unspecified atom stereocenters. The monoisotopic (exact) mass is 503 g/mol. The Bertz CT molecular complexity index is 1280. The van der Waals surface area contributed by atoms with Gasteiger partial charge in [-0.1, -0.05) is 18.5 Å². The number of fused-ring (bicyclic) bond motifs is 1. The Morgan fingerprint density at radius 1 is 1.40 bits per heavy atom. The van der Waals surface area contributed by atoms with Crippen LogP contribution in [0.15, 0.2) is 51.8 Å². The smallest absolute Gasteiger partial charge is 0.295 e. The summed E-state index contributed by atoms with van der Waals surface area (Å²) in [5, 5.41) is 3.53. The van der Waals surface area contributed by atoms with E-state index in [4.69, 9.17) is 21.8 Å². The van der Waals surface area contributed by atoms with Crippen molar-refractivity contribution >= 4 is 46.4 Å². The molecule has 1 fully saturated rings. The van der Waals surface area contributed by atoms with Gasteiger partial charge in [-0.2, -0.15) is 4.98 Å². The summed E-state index contributed by atoms with van der Waals surface area (Å²) in [5.41, 5.74) is 7.14. The molecule has 1 aliphatic rings. The maximum atomic E-state index is 14.5. The number of carbonyl (C=O) groups is 1. The fourth-order valence-corrected chi connectivity index (χ4v) is 4.30. The van der Waals surface area contributed by atoms with Gasteiger partial charge >= 0.3 is 0 Å². The number of alkyl halides is 2. The Balaban J connectivity index is 1.63. The number of carbonyl (C=O) groups excluding carboxylic acids is 1. The Hall–Kier alpha value is -3.60. The van der Waals surface area contributed by atoms with Gasteiger partial charge in [0.15, 0.2) is 11.4 Å². The summed E-state index contributed by atoms with van der Waals surface area (Å²) in [4.78, 5) is 31.0. The number of likely N-dealkylation sites (tertiary alicyclic amines) is 1. The number of hydrogen-bond acceptors (Lipinski definition) is 8. The standard InChI is InChI=1S/C23H24ClF2N7O2/c1-13-9-23(25,26)12-33(21(34)19(27)15(10-28-2)20-29-6-3-7-30-20)17(13)11-31-22-32-16-8-14(24)4-5-18(16)35-22/h3-8,10,13,17H,9,11-12,27H2,1-2H3,(H,31,32)/t13-,17?/m1/s1. The van der Waals surface area contributed by atoms with E-state index in [9.17, 15) is 13.6 Å². The van der Waals surface area contributed by atoms with Crippen LogP contribution in [0.2, 0.25) is 5.02 Å². The van der Waals surface area contributed by atoms with Gasteiger partial charge in [0.25, 0.3) is 17.8 Å². The van der Waals surface area contributed by atoms with E-state index in [-0.39, 0.29) is 36.1 Å². The van der Waals surface area contributed by atoms with Crippen LogP contribution in [0.5, 0.6) is 0 Å². The fraction of sp³-hybridized carbons (Fsp3) is 0.348. The highest BCUT2D eigenvalue weighted by atomic mass is 35.5. The van der Waals surface area contributed by atoms with Crippen molar-refractivity contribution in [3.63, 3.8) is 0 Å². The third-order valence-electron chi connectivity index (χ3n) is 5.74. The van der Waals surface area contributed by atoms with Crippen LogP contribution in [0.4, 0.5) is 14.8 Å². The Morgan fingerprint density at radius 3 is 2.86 bits per heavy atom. The van der Waals surface area contributed by atoms with Crippen molar-refractivity contribution in [2.24, 2.45) is 16.6 Å². The number of amides is 1. The lowest BCUT2D eigenvalue weighted by molar-refractivity contribution is -0.148. The predicted molar refractivity (Wildman–Crippen MR) is 129 cm³/mol. The Morgan fingerprint density at radius 2 is 2.14 bits per heavy atom. The zero-order valence-corrected chi connectivity index (χ0v) is 19.8. The number of piperidine rings is 1. The summed E-state index contributed by atoms with van der Waals surface area (Å²) in [6, 6.07) is 6.20. The fourth-order valence-electron chi connectivity index (χ4n) is 4.13. The van der Waals surface area contributed by atoms with Gasteiger partial charge in [0.1, 0.15) is 11.2 Å². The molecule has 3 N–H and O–H groups in total. The number of rotatable bonds is 6. The van der Waals surface area contributed by atoms with Crippen molar-refractivity contribution < 1.29 is 18.0 Å². The Kier molecular flexibility index (Phi) is 6.97. The van der Waals surface area contributed by atoms with Gasteiger partial charge in [-0.25, -0.2) is 18.7 Å². The number of aromatic nitrogens is 3. The van der Waals surface area contributed by atoms with E-state index >= 15 is 0 Å². The number of anilines is 1. The molecule has 35 heavy (non-hydrogen) atoms. The highest BCUT2D eigenvalue weighted by molar-refractivity contribution is 6.31. The lowest BCUT2D eigenvalue weighted by Crippen LogP contribution is -2.58. The average Bonchev–Trinajstić information content (AvgIpc) is 3.22. The molecule has 0 radical (unpaired) electrons. The SMILES string of the molecule is CN=CC(=C(N)C(=O)N1CC(F)(F)C[C@@H](C)C1CNc1nc2cc(Cl)ccc2o1)c1ncccn1. The number of nitrogens with two attached hydrogens (primary N) is 1. The normalized spacial score (nSPS) is 20.8. The molecule has 2 aromatic heterocycles. The predicted octanol–water partition coefficient (Wildman–Crippen LogP) is 3.63. The molecular formula is C23H24ClF2N7O2. The summed E-state index contributed by atoms with van der Waals surface area (Å²) < 4.78 is 34.8. The molecule has 9 nitrogen and oxygen atoms in total. The molecule has 0 spiro atoms. The zero-order valence-electron chi connectivity index (χ0n) is 19.1. The second-order valence-electron chi connectivity index (χ2n) is 8.34. The molecule has 12 heteroatoms. The second kappa shape index (κ2) is 9.95. The van der Waals surface area contributed by atoms with Crippen LogP contribution in [0.25, 0.3) is 16.7 Å². The van der Waals surface area contributed by atoms with Crippen LogP contribution < -0.4 is 11.1 Å². The molecule has 0 bridgehead atoms. The van der Waals surface area contributed by atoms with Crippen molar-refractivity contribution in [2.75, 3.05) is 25.5 Å². The number of hydrogen-bond donors (Lipinski definition) is 2. The van der Waals surface area contributed by atoms with Gasteiger partial charge in [0.05, 0.1) is 18.2 Å². The number of nitrogens with zero attached hydrogens (tertiary/aromatic N) is 5. The number of benzene rings is 1. The quantitative estimate of drug-likeness (QED) is 0.389. The summed E-state index contributed by atoms with van der Waals surface area (Å²) in [5.74, 6) is -4.20. The first-order chi connectivity index (χ1) is 16.7. The lowest BCUT2D eigenvalue weighted by Gasteiger charge is -2.43. The van der Waals surface area contributed by atoms with Crippen molar-refractivity contribution in [1.29, 1.82) is 0 Å². The van der Waals surface area contributed by atoms with Crippen LogP contribution in [0, 0.1) is 5.92 Å². The molecule has 1 saturated heterocycles. The largest absolute Gasteiger partial charge is 0.424 e. The molecule has 0 saturated carbocycles. The van der Waals surface area contributed by atoms with E-state index in [0.717, 1.165) is 4.90 Å². The number of halogens is 3. The minimum Gasteiger partial charge on any atom is -0.424 e. The minimum atomic E-state index is -3.07. The average molecular weight is 504 g/mol. The summed E-state index contributed by atoms with van der Waals surface area (Å²) >= 11 is 6.00. The highest BCUT2D eigenvalue weighted by Crippen LogP contribution is 2.35. The zero-order chi connectivity index (χ0) is 25.2. The van der Waals surface area contributed by atoms with Gasteiger partial charge in [-0.3, -0.25) is 9.79 Å². The molecule has 184 valence electrons. The van der Waals surface area contributed by atoms with Gasteiger partial charge in [-0.15, -0.1) is 0 Å². The van der Waals surface area contributed by atoms with Crippen LogP contribution in [-0.2, 0) is 4.79 Å². The van der Waals surface area contributed by atoms with Crippen LogP contribution in [0.3, 0.4) is 0 Å². The Labute approximate surface area is 205 Å². The van der Waals surface area contributed by atoms with Crippen molar-refractivity contribution in [1.82, 2.24) is 19.9 Å². The number of allylic oxidation sites excluding steroid dienone is 1. The van der Waals surface area contributed by atoms with Crippen molar-refractivity contribution in [3.05, 3.63) is 53.2 Å². The lowest BCUT2D eigenvalue weighted by atomic mass is 9.88.